The Morgan fingerprint density at radius 1 is 0.860 bits per heavy atom. The number of ketones is 1. The van der Waals surface area contributed by atoms with E-state index in [2.05, 4.69) is 112 Å². The first-order valence-corrected chi connectivity index (χ1v) is 19.6. The minimum Gasteiger partial charge on any atom is -0.512 e. The maximum atomic E-state index is 11.7. The second kappa shape index (κ2) is 18.4. The number of aliphatic hydroxyl groups excluding tert-OH is 1. The molecular formula is C45H64IrNO2S-. The van der Waals surface area contributed by atoms with E-state index in [1.807, 2.05) is 45.2 Å². The van der Waals surface area contributed by atoms with E-state index in [1.165, 1.54) is 37.6 Å². The number of rotatable bonds is 12. The second-order valence-corrected chi connectivity index (χ2v) is 16.9. The molecule has 0 fully saturated rings. The number of nitrogens with zero attached hydrogens (tertiary/aromatic N) is 1. The fourth-order valence-electron chi connectivity index (χ4n) is 8.30. The van der Waals surface area contributed by atoms with Crippen LogP contribution in [-0.4, -0.2) is 15.9 Å². The third-order valence-corrected chi connectivity index (χ3v) is 12.5. The average molecular weight is 875 g/mol. The van der Waals surface area contributed by atoms with Crippen LogP contribution in [0.4, 0.5) is 0 Å². The number of aryl methyl sites for hydroxylation is 1. The van der Waals surface area contributed by atoms with Gasteiger partial charge in [-0.3, -0.25) is 9.78 Å². The molecule has 0 bridgehead atoms. The van der Waals surface area contributed by atoms with Gasteiger partial charge in [-0.05, 0) is 72.8 Å². The SMILES string of the molecule is CCC(CC)C(=O)/C=C(\O)C(CC)CC.Cc1c(C(C(C)C)(C(C)C)C(C)C)sc2c(-c3[c-]c4ccccc4c(C(C)(C)C)c3)nccc12.[Ir]. The number of benzene rings is 2. The van der Waals surface area contributed by atoms with Gasteiger partial charge in [0.25, 0.3) is 0 Å². The van der Waals surface area contributed by atoms with Crippen LogP contribution in [0.2, 0.25) is 0 Å². The molecule has 3 nitrogen and oxygen atoms in total. The van der Waals surface area contributed by atoms with E-state index >= 15 is 0 Å². The second-order valence-electron chi connectivity index (χ2n) is 15.9. The Morgan fingerprint density at radius 2 is 1.40 bits per heavy atom. The summed E-state index contributed by atoms with van der Waals surface area (Å²) < 4.78 is 1.30. The summed E-state index contributed by atoms with van der Waals surface area (Å²) in [5.74, 6) is 2.20. The molecule has 4 rings (SSSR count). The van der Waals surface area contributed by atoms with Crippen molar-refractivity contribution in [3.8, 4) is 11.3 Å². The van der Waals surface area contributed by atoms with Crippen LogP contribution in [0, 0.1) is 42.6 Å². The molecule has 1 radical (unpaired) electrons. The zero-order valence-corrected chi connectivity index (χ0v) is 36.6. The maximum absolute atomic E-state index is 11.7. The van der Waals surface area contributed by atoms with E-state index in [1.54, 1.807) is 0 Å². The first kappa shape index (κ1) is 43.8. The summed E-state index contributed by atoms with van der Waals surface area (Å²) in [5, 5.41) is 13.6. The molecule has 2 aromatic heterocycles. The van der Waals surface area contributed by atoms with Crippen molar-refractivity contribution in [2.45, 2.75) is 133 Å². The zero-order valence-electron chi connectivity index (χ0n) is 33.4. The molecule has 0 amide bonds. The molecule has 0 atom stereocenters. The third kappa shape index (κ3) is 8.99. The van der Waals surface area contributed by atoms with Crippen LogP contribution in [0.25, 0.3) is 32.1 Å². The molecule has 2 heterocycles. The van der Waals surface area contributed by atoms with Gasteiger partial charge in [0, 0.05) is 64.9 Å². The molecule has 0 unspecified atom stereocenters. The van der Waals surface area contributed by atoms with E-state index in [9.17, 15) is 9.90 Å². The number of hydrogen-bond acceptors (Lipinski definition) is 4. The van der Waals surface area contributed by atoms with E-state index in [0.717, 1.165) is 42.3 Å². The van der Waals surface area contributed by atoms with Crippen molar-refractivity contribution in [2.75, 3.05) is 0 Å². The third-order valence-electron chi connectivity index (χ3n) is 11.0. The van der Waals surface area contributed by atoms with E-state index in [0.29, 0.717) is 17.8 Å². The standard InChI is InChI=1S/C32H40NS.C13H24O2.Ir/c1-19(2)32(20(3)4,21(5)6)30-22(7)25-15-16-33-28(29(25)34-30)24-17-23-13-11-12-14-26(23)27(18-24)31(8,9)10;1-5-10(6-2)12(14)9-13(15)11(7-3)8-4;/h11-16,18-21H,1-10H3;9-11,14H,5-8H2,1-4H3;/q-1;;/b;12-9-;. The predicted molar refractivity (Wildman–Crippen MR) is 215 cm³/mol. The number of thiophene rings is 1. The van der Waals surface area contributed by atoms with Gasteiger partial charge in [-0.15, -0.1) is 40.5 Å². The number of fused-ring (bicyclic) bond motifs is 2. The van der Waals surface area contributed by atoms with Crippen LogP contribution < -0.4 is 0 Å². The van der Waals surface area contributed by atoms with Crippen molar-refractivity contribution in [1.82, 2.24) is 4.98 Å². The number of pyridine rings is 1. The van der Waals surface area contributed by atoms with Gasteiger partial charge in [-0.25, -0.2) is 0 Å². The summed E-state index contributed by atoms with van der Waals surface area (Å²) in [5.41, 5.74) is 5.12. The Morgan fingerprint density at radius 3 is 1.90 bits per heavy atom. The Kier molecular flexibility index (Phi) is 16.2. The number of allylic oxidation sites excluding steroid dienone is 2. The number of carbonyl (C=O) groups excluding carboxylic acids is 1. The van der Waals surface area contributed by atoms with Crippen LogP contribution >= 0.6 is 11.3 Å². The number of aromatic nitrogens is 1. The monoisotopic (exact) mass is 875 g/mol. The molecule has 0 saturated heterocycles. The van der Waals surface area contributed by atoms with Gasteiger partial charge in [0.15, 0.2) is 5.78 Å². The van der Waals surface area contributed by atoms with Crippen molar-refractivity contribution >= 4 is 38.0 Å². The van der Waals surface area contributed by atoms with Gasteiger partial charge in [-0.2, -0.15) is 0 Å². The van der Waals surface area contributed by atoms with Crippen LogP contribution in [-0.2, 0) is 35.7 Å². The molecule has 0 spiro atoms. The van der Waals surface area contributed by atoms with Crippen molar-refractivity contribution in [3.63, 3.8) is 0 Å². The van der Waals surface area contributed by atoms with Crippen molar-refractivity contribution in [3.05, 3.63) is 76.5 Å². The summed E-state index contributed by atoms with van der Waals surface area (Å²) in [6.07, 6.45) is 6.90. The van der Waals surface area contributed by atoms with Crippen molar-refractivity contribution in [1.29, 1.82) is 0 Å². The van der Waals surface area contributed by atoms with Crippen LogP contribution in [0.1, 0.15) is 132 Å². The van der Waals surface area contributed by atoms with E-state index in [4.69, 9.17) is 4.98 Å². The molecule has 4 aromatic rings. The molecule has 1 N–H and O–H groups in total. The summed E-state index contributed by atoms with van der Waals surface area (Å²) in [6, 6.07) is 16.9. The Labute approximate surface area is 322 Å². The van der Waals surface area contributed by atoms with Gasteiger partial charge in [0.2, 0.25) is 0 Å². The van der Waals surface area contributed by atoms with Crippen molar-refractivity contribution in [2.24, 2.45) is 29.6 Å². The summed E-state index contributed by atoms with van der Waals surface area (Å²) >= 11 is 1.97. The summed E-state index contributed by atoms with van der Waals surface area (Å²) in [4.78, 5) is 18.2. The smallest absolute Gasteiger partial charge is 0.162 e. The van der Waals surface area contributed by atoms with Gasteiger partial charge in [-0.1, -0.05) is 119 Å². The topological polar surface area (TPSA) is 50.2 Å². The summed E-state index contributed by atoms with van der Waals surface area (Å²) in [7, 11) is 0. The minimum atomic E-state index is 0. The number of hydrogen-bond donors (Lipinski definition) is 1. The maximum Gasteiger partial charge on any atom is 0.162 e. The number of aliphatic hydroxyl groups is 1. The molecule has 5 heteroatoms. The summed E-state index contributed by atoms with van der Waals surface area (Å²) in [6.45, 7) is 31.7. The van der Waals surface area contributed by atoms with Crippen LogP contribution in [0.15, 0.2) is 54.4 Å². The largest absolute Gasteiger partial charge is 0.512 e. The first-order chi connectivity index (χ1) is 23.0. The first-order valence-electron chi connectivity index (χ1n) is 18.8. The Balaban J connectivity index is 0.000000461. The van der Waals surface area contributed by atoms with Crippen LogP contribution in [0.3, 0.4) is 0 Å². The zero-order chi connectivity index (χ0) is 36.8. The van der Waals surface area contributed by atoms with Crippen LogP contribution in [0.5, 0.6) is 0 Å². The van der Waals surface area contributed by atoms with E-state index in [-0.39, 0.29) is 54.3 Å². The molecule has 277 valence electrons. The van der Waals surface area contributed by atoms with Gasteiger partial charge >= 0.3 is 0 Å². The van der Waals surface area contributed by atoms with Crippen molar-refractivity contribution < 1.29 is 30.0 Å². The predicted octanol–water partition coefficient (Wildman–Crippen LogP) is 13.6. The fraction of sp³-hybridized carbons (Fsp3) is 0.556. The molecule has 50 heavy (non-hydrogen) atoms. The molecular weight excluding hydrogens is 811 g/mol. The van der Waals surface area contributed by atoms with Gasteiger partial charge < -0.3 is 5.11 Å². The minimum absolute atomic E-state index is 0. The van der Waals surface area contributed by atoms with E-state index < -0.39 is 0 Å². The van der Waals surface area contributed by atoms with Gasteiger partial charge in [0.1, 0.15) is 0 Å². The molecule has 0 saturated carbocycles. The Hall–Kier alpha value is -2.33. The quantitative estimate of drug-likeness (QED) is 0.0876. The number of carbonyl (C=O) groups is 1. The average Bonchev–Trinajstić information content (AvgIpc) is 3.37. The molecule has 2 aromatic carbocycles. The normalized spacial score (nSPS) is 12.7. The molecule has 0 aliphatic carbocycles. The Bertz CT molecular complexity index is 1710. The fourth-order valence-corrected chi connectivity index (χ4v) is 10.2. The molecule has 0 aliphatic rings. The van der Waals surface area contributed by atoms with Gasteiger partial charge in [0.05, 0.1) is 5.76 Å². The molecule has 0 aliphatic heterocycles.